The Morgan fingerprint density at radius 3 is 2.57 bits per heavy atom. The number of hydrogen-bond acceptors (Lipinski definition) is 3. The van der Waals surface area contributed by atoms with Crippen LogP contribution in [-0.4, -0.2) is 23.6 Å². The van der Waals surface area contributed by atoms with Crippen LogP contribution < -0.4 is 5.32 Å². The number of nitrogens with one attached hydrogen (secondary N) is 1. The molecule has 0 radical (unpaired) electrons. The minimum atomic E-state index is -0.366. The normalized spacial score (nSPS) is 17.5. The SMILES string of the molecule is CCNC(=O)N(N=O)C1CCCCC1. The Morgan fingerprint density at radius 1 is 1.43 bits per heavy atom. The van der Waals surface area contributed by atoms with Gasteiger partial charge in [-0.3, -0.25) is 0 Å². The Hall–Kier alpha value is -1.13. The summed E-state index contributed by atoms with van der Waals surface area (Å²) >= 11 is 0. The number of urea groups is 1. The third-order valence-electron chi connectivity index (χ3n) is 2.54. The quantitative estimate of drug-likeness (QED) is 0.558. The number of amides is 2. The summed E-state index contributed by atoms with van der Waals surface area (Å²) in [5.41, 5.74) is 0. The Bertz CT molecular complexity index is 202. The summed E-state index contributed by atoms with van der Waals surface area (Å²) in [5, 5.41) is 6.45. The maximum Gasteiger partial charge on any atom is 0.340 e. The molecule has 0 heterocycles. The number of carbonyl (C=O) groups excluding carboxylic acids is 1. The number of hydrogen-bond donors (Lipinski definition) is 1. The van der Waals surface area contributed by atoms with Crippen molar-refractivity contribution in [3.63, 3.8) is 0 Å². The zero-order valence-corrected chi connectivity index (χ0v) is 8.53. The van der Waals surface area contributed by atoms with E-state index in [1.54, 1.807) is 0 Å². The second-order valence-electron chi connectivity index (χ2n) is 3.55. The predicted molar refractivity (Wildman–Crippen MR) is 53.6 cm³/mol. The smallest absolute Gasteiger partial charge is 0.337 e. The Morgan fingerprint density at radius 2 is 2.07 bits per heavy atom. The summed E-state index contributed by atoms with van der Waals surface area (Å²) in [4.78, 5) is 21.9. The van der Waals surface area contributed by atoms with Gasteiger partial charge in [-0.15, -0.1) is 4.91 Å². The van der Waals surface area contributed by atoms with Crippen molar-refractivity contribution in [3.05, 3.63) is 4.91 Å². The van der Waals surface area contributed by atoms with Crippen LogP contribution in [0.2, 0.25) is 0 Å². The third-order valence-corrected chi connectivity index (χ3v) is 2.54. The molecular weight excluding hydrogens is 182 g/mol. The van der Waals surface area contributed by atoms with E-state index in [2.05, 4.69) is 10.6 Å². The average Bonchev–Trinajstić information content (AvgIpc) is 2.21. The highest BCUT2D eigenvalue weighted by Crippen LogP contribution is 2.22. The molecule has 2 amide bonds. The summed E-state index contributed by atoms with van der Waals surface area (Å²) in [6.07, 6.45) is 5.14. The third kappa shape index (κ3) is 2.68. The van der Waals surface area contributed by atoms with Gasteiger partial charge in [0.05, 0.1) is 11.3 Å². The number of rotatable bonds is 3. The van der Waals surface area contributed by atoms with Crippen molar-refractivity contribution in [2.75, 3.05) is 6.54 Å². The Balaban J connectivity index is 2.50. The zero-order chi connectivity index (χ0) is 10.4. The van der Waals surface area contributed by atoms with Crippen LogP contribution in [0.15, 0.2) is 5.29 Å². The summed E-state index contributed by atoms with van der Waals surface area (Å²) < 4.78 is 0. The molecule has 5 heteroatoms. The van der Waals surface area contributed by atoms with Gasteiger partial charge in [-0.2, -0.15) is 5.01 Å². The van der Waals surface area contributed by atoms with Gasteiger partial charge in [-0.25, -0.2) is 4.79 Å². The first-order chi connectivity index (χ1) is 6.79. The van der Waals surface area contributed by atoms with Gasteiger partial charge >= 0.3 is 6.03 Å². The van der Waals surface area contributed by atoms with Crippen molar-refractivity contribution in [1.82, 2.24) is 10.3 Å². The van der Waals surface area contributed by atoms with E-state index in [4.69, 9.17) is 0 Å². The second kappa shape index (κ2) is 5.57. The molecule has 1 aliphatic rings. The van der Waals surface area contributed by atoms with Crippen molar-refractivity contribution < 1.29 is 4.79 Å². The zero-order valence-electron chi connectivity index (χ0n) is 8.53. The van der Waals surface area contributed by atoms with Gasteiger partial charge in [0, 0.05) is 6.54 Å². The maximum absolute atomic E-state index is 11.4. The molecule has 1 N–H and O–H groups in total. The van der Waals surface area contributed by atoms with E-state index in [9.17, 15) is 9.70 Å². The predicted octanol–water partition coefficient (Wildman–Crippen LogP) is 2.03. The molecule has 0 unspecified atom stereocenters. The van der Waals surface area contributed by atoms with Gasteiger partial charge in [0.1, 0.15) is 0 Å². The lowest BCUT2D eigenvalue weighted by Crippen LogP contribution is -2.43. The van der Waals surface area contributed by atoms with Crippen LogP contribution in [0.1, 0.15) is 39.0 Å². The molecule has 1 fully saturated rings. The van der Waals surface area contributed by atoms with E-state index >= 15 is 0 Å². The van der Waals surface area contributed by atoms with Gasteiger partial charge in [0.2, 0.25) is 0 Å². The molecule has 0 saturated heterocycles. The van der Waals surface area contributed by atoms with Crippen molar-refractivity contribution in [2.24, 2.45) is 5.29 Å². The fourth-order valence-electron chi connectivity index (χ4n) is 1.83. The summed E-state index contributed by atoms with van der Waals surface area (Å²) in [6, 6.07) is -0.359. The number of carbonyl (C=O) groups is 1. The first kappa shape index (κ1) is 10.9. The molecule has 0 aliphatic heterocycles. The van der Waals surface area contributed by atoms with Crippen LogP contribution in [0.5, 0.6) is 0 Å². The minimum Gasteiger partial charge on any atom is -0.337 e. The molecular formula is C9H17N3O2. The first-order valence-corrected chi connectivity index (χ1v) is 5.20. The molecule has 1 saturated carbocycles. The van der Waals surface area contributed by atoms with E-state index in [0.29, 0.717) is 6.54 Å². The second-order valence-corrected chi connectivity index (χ2v) is 3.55. The van der Waals surface area contributed by atoms with Crippen LogP contribution in [0.4, 0.5) is 4.79 Å². The van der Waals surface area contributed by atoms with Gasteiger partial charge in [0.15, 0.2) is 0 Å². The topological polar surface area (TPSA) is 61.8 Å². The van der Waals surface area contributed by atoms with Crippen LogP contribution in [0, 0.1) is 4.91 Å². The monoisotopic (exact) mass is 199 g/mol. The fraction of sp³-hybridized carbons (Fsp3) is 0.889. The Kier molecular flexibility index (Phi) is 4.35. The van der Waals surface area contributed by atoms with Crippen LogP contribution in [0.25, 0.3) is 0 Å². The van der Waals surface area contributed by atoms with Gasteiger partial charge < -0.3 is 5.32 Å². The largest absolute Gasteiger partial charge is 0.340 e. The molecule has 0 aromatic rings. The first-order valence-electron chi connectivity index (χ1n) is 5.20. The number of nitrogens with zero attached hydrogens (tertiary/aromatic N) is 2. The van der Waals surface area contributed by atoms with E-state index in [1.165, 1.54) is 6.42 Å². The molecule has 0 atom stereocenters. The van der Waals surface area contributed by atoms with Crippen molar-refractivity contribution >= 4 is 6.03 Å². The number of nitroso groups, excluding NO2 is 1. The molecule has 80 valence electrons. The lowest BCUT2D eigenvalue weighted by Gasteiger charge is -2.27. The van der Waals surface area contributed by atoms with E-state index in [1.807, 2.05) is 6.92 Å². The standard InChI is InChI=1S/C9H17N3O2/c1-2-10-9(13)12(11-14)8-6-4-3-5-7-8/h8H,2-7H2,1H3,(H,10,13). The lowest BCUT2D eigenvalue weighted by atomic mass is 9.95. The molecule has 0 bridgehead atoms. The Labute approximate surface area is 83.8 Å². The average molecular weight is 199 g/mol. The van der Waals surface area contributed by atoms with Gasteiger partial charge in [-0.05, 0) is 19.8 Å². The molecule has 14 heavy (non-hydrogen) atoms. The van der Waals surface area contributed by atoms with Crippen molar-refractivity contribution in [2.45, 2.75) is 45.1 Å². The van der Waals surface area contributed by atoms with E-state index < -0.39 is 0 Å². The highest BCUT2D eigenvalue weighted by Gasteiger charge is 2.25. The molecule has 0 aromatic heterocycles. The molecule has 1 rings (SSSR count). The maximum atomic E-state index is 11.4. The molecule has 5 nitrogen and oxygen atoms in total. The molecule has 0 spiro atoms. The van der Waals surface area contributed by atoms with Crippen molar-refractivity contribution in [1.29, 1.82) is 0 Å². The minimum absolute atomic E-state index is 0.00722. The highest BCUT2D eigenvalue weighted by atomic mass is 16.3. The van der Waals surface area contributed by atoms with Crippen molar-refractivity contribution in [3.8, 4) is 0 Å². The van der Waals surface area contributed by atoms with E-state index in [0.717, 1.165) is 30.7 Å². The highest BCUT2D eigenvalue weighted by molar-refractivity contribution is 5.74. The summed E-state index contributed by atoms with van der Waals surface area (Å²) in [6.45, 7) is 2.35. The van der Waals surface area contributed by atoms with Crippen LogP contribution in [-0.2, 0) is 0 Å². The molecule has 1 aliphatic carbocycles. The summed E-state index contributed by atoms with van der Waals surface area (Å²) in [5.74, 6) is 0. The van der Waals surface area contributed by atoms with Crippen LogP contribution in [0.3, 0.4) is 0 Å². The summed E-state index contributed by atoms with van der Waals surface area (Å²) in [7, 11) is 0. The fourth-order valence-corrected chi connectivity index (χ4v) is 1.83. The van der Waals surface area contributed by atoms with Gasteiger partial charge in [-0.1, -0.05) is 19.3 Å². The lowest BCUT2D eigenvalue weighted by molar-refractivity contribution is 0.158. The van der Waals surface area contributed by atoms with E-state index in [-0.39, 0.29) is 12.1 Å². The molecule has 0 aromatic carbocycles. The van der Waals surface area contributed by atoms with Crippen LogP contribution >= 0.6 is 0 Å². The van der Waals surface area contributed by atoms with Gasteiger partial charge in [0.25, 0.3) is 0 Å².